The molecule has 108 valence electrons. The van der Waals surface area contributed by atoms with Crippen LogP contribution in [0.1, 0.15) is 44.9 Å². The fourth-order valence-electron chi connectivity index (χ4n) is 2.19. The first kappa shape index (κ1) is 14.6. The molecule has 1 aliphatic rings. The molecule has 5 heteroatoms. The maximum atomic E-state index is 8.83. The Hall–Kier alpha value is -1.83. The van der Waals surface area contributed by atoms with Crippen LogP contribution in [0.15, 0.2) is 6.07 Å². The lowest BCUT2D eigenvalue weighted by Gasteiger charge is -2.25. The summed E-state index contributed by atoms with van der Waals surface area (Å²) in [5.41, 5.74) is 0. The summed E-state index contributed by atoms with van der Waals surface area (Å²) < 4.78 is 0. The molecule has 0 bridgehead atoms. The van der Waals surface area contributed by atoms with Crippen LogP contribution < -0.4 is 10.2 Å². The molecule has 1 aromatic rings. The standard InChI is InChI=1S/C15H23N5/c1-11(2)10-20(8-4-7-16)14-9-13(17-3)18-15(19-14)12-5-6-12/h9,11-12H,4-6,8,10H2,1-3H3,(H,17,18,19). The Balaban J connectivity index is 2.25. The van der Waals surface area contributed by atoms with Crippen LogP contribution in [0, 0.1) is 17.2 Å². The first-order valence-electron chi connectivity index (χ1n) is 7.32. The SMILES string of the molecule is CNc1cc(N(CCC#N)CC(C)C)nc(C2CC2)n1. The topological polar surface area (TPSA) is 64.8 Å². The summed E-state index contributed by atoms with van der Waals surface area (Å²) >= 11 is 0. The molecule has 0 saturated heterocycles. The van der Waals surface area contributed by atoms with E-state index >= 15 is 0 Å². The second kappa shape index (κ2) is 6.56. The van der Waals surface area contributed by atoms with Crippen molar-refractivity contribution in [2.45, 2.75) is 39.0 Å². The normalized spacial score (nSPS) is 14.2. The average Bonchev–Trinajstić information content (AvgIpc) is 3.27. The Labute approximate surface area is 121 Å². The largest absolute Gasteiger partial charge is 0.373 e. The summed E-state index contributed by atoms with van der Waals surface area (Å²) in [5, 5.41) is 11.9. The maximum absolute atomic E-state index is 8.83. The van der Waals surface area contributed by atoms with E-state index in [1.54, 1.807) is 0 Å². The molecule has 1 aromatic heterocycles. The molecule has 0 atom stereocenters. The van der Waals surface area contributed by atoms with Gasteiger partial charge in [-0.2, -0.15) is 5.26 Å². The molecule has 1 saturated carbocycles. The van der Waals surface area contributed by atoms with Crippen LogP contribution in [0.4, 0.5) is 11.6 Å². The van der Waals surface area contributed by atoms with Crippen molar-refractivity contribution in [2.24, 2.45) is 5.92 Å². The van der Waals surface area contributed by atoms with Gasteiger partial charge in [0.05, 0.1) is 12.5 Å². The van der Waals surface area contributed by atoms with Gasteiger partial charge < -0.3 is 10.2 Å². The predicted octanol–water partition coefficient (Wildman–Crippen LogP) is 2.77. The molecule has 0 aromatic carbocycles. The fraction of sp³-hybridized carbons (Fsp3) is 0.667. The molecule has 1 aliphatic carbocycles. The maximum Gasteiger partial charge on any atom is 0.136 e. The Morgan fingerprint density at radius 1 is 1.45 bits per heavy atom. The zero-order chi connectivity index (χ0) is 14.5. The van der Waals surface area contributed by atoms with Gasteiger partial charge in [-0.3, -0.25) is 0 Å². The highest BCUT2D eigenvalue weighted by molar-refractivity contribution is 5.50. The highest BCUT2D eigenvalue weighted by atomic mass is 15.2. The Morgan fingerprint density at radius 2 is 2.20 bits per heavy atom. The molecule has 1 heterocycles. The lowest BCUT2D eigenvalue weighted by molar-refractivity contribution is 0.606. The predicted molar refractivity (Wildman–Crippen MR) is 80.8 cm³/mol. The molecule has 0 amide bonds. The highest BCUT2D eigenvalue weighted by Crippen LogP contribution is 2.39. The van der Waals surface area contributed by atoms with Crippen molar-refractivity contribution in [1.82, 2.24) is 9.97 Å². The van der Waals surface area contributed by atoms with Crippen molar-refractivity contribution in [3.8, 4) is 6.07 Å². The zero-order valence-electron chi connectivity index (χ0n) is 12.6. The van der Waals surface area contributed by atoms with Crippen molar-refractivity contribution in [3.63, 3.8) is 0 Å². The van der Waals surface area contributed by atoms with E-state index in [0.29, 0.717) is 18.3 Å². The van der Waals surface area contributed by atoms with Crippen LogP contribution in [0.5, 0.6) is 0 Å². The summed E-state index contributed by atoms with van der Waals surface area (Å²) in [5.74, 6) is 3.81. The van der Waals surface area contributed by atoms with Gasteiger partial charge in [-0.25, -0.2) is 9.97 Å². The number of hydrogen-bond acceptors (Lipinski definition) is 5. The number of rotatable bonds is 7. The minimum absolute atomic E-state index is 0.518. The van der Waals surface area contributed by atoms with Crippen molar-refractivity contribution in [1.29, 1.82) is 5.26 Å². The fourth-order valence-corrected chi connectivity index (χ4v) is 2.19. The summed E-state index contributed by atoms with van der Waals surface area (Å²) in [6, 6.07) is 4.20. The Kier molecular flexibility index (Phi) is 4.78. The van der Waals surface area contributed by atoms with Crippen molar-refractivity contribution in [2.75, 3.05) is 30.4 Å². The van der Waals surface area contributed by atoms with Gasteiger partial charge in [0.15, 0.2) is 0 Å². The molecule has 0 spiro atoms. The van der Waals surface area contributed by atoms with Crippen LogP contribution in [0.3, 0.4) is 0 Å². The van der Waals surface area contributed by atoms with Crippen LogP contribution in [-0.2, 0) is 0 Å². The molecule has 0 unspecified atom stereocenters. The van der Waals surface area contributed by atoms with E-state index in [4.69, 9.17) is 10.2 Å². The second-order valence-corrected chi connectivity index (χ2v) is 5.74. The van der Waals surface area contributed by atoms with Crippen LogP contribution in [0.25, 0.3) is 0 Å². The van der Waals surface area contributed by atoms with Crippen molar-refractivity contribution < 1.29 is 0 Å². The molecular weight excluding hydrogens is 250 g/mol. The third-order valence-corrected chi connectivity index (χ3v) is 3.33. The molecule has 0 radical (unpaired) electrons. The summed E-state index contributed by atoms with van der Waals surface area (Å²) in [7, 11) is 1.88. The van der Waals surface area contributed by atoms with E-state index in [-0.39, 0.29) is 0 Å². The third-order valence-electron chi connectivity index (χ3n) is 3.33. The van der Waals surface area contributed by atoms with Crippen LogP contribution in [-0.4, -0.2) is 30.1 Å². The van der Waals surface area contributed by atoms with Gasteiger partial charge in [-0.15, -0.1) is 0 Å². The lowest BCUT2D eigenvalue weighted by atomic mass is 10.2. The smallest absolute Gasteiger partial charge is 0.136 e. The molecule has 5 nitrogen and oxygen atoms in total. The van der Waals surface area contributed by atoms with Gasteiger partial charge in [-0.1, -0.05) is 13.8 Å². The van der Waals surface area contributed by atoms with Crippen LogP contribution >= 0.6 is 0 Å². The first-order valence-corrected chi connectivity index (χ1v) is 7.32. The molecule has 1 N–H and O–H groups in total. The number of hydrogen-bond donors (Lipinski definition) is 1. The minimum Gasteiger partial charge on any atom is -0.373 e. The van der Waals surface area contributed by atoms with Gasteiger partial charge in [0.2, 0.25) is 0 Å². The molecule has 2 rings (SSSR count). The summed E-state index contributed by atoms with van der Waals surface area (Å²) in [6.45, 7) is 5.99. The number of anilines is 2. The Bertz CT molecular complexity index is 488. The molecule has 1 fully saturated rings. The van der Waals surface area contributed by atoms with Gasteiger partial charge >= 0.3 is 0 Å². The Morgan fingerprint density at radius 3 is 2.75 bits per heavy atom. The summed E-state index contributed by atoms with van der Waals surface area (Å²) in [6.07, 6.45) is 2.90. The van der Waals surface area contributed by atoms with E-state index in [1.165, 1.54) is 12.8 Å². The minimum atomic E-state index is 0.518. The number of nitrogens with zero attached hydrogens (tertiary/aromatic N) is 4. The van der Waals surface area contributed by atoms with Crippen molar-refractivity contribution >= 4 is 11.6 Å². The van der Waals surface area contributed by atoms with Crippen molar-refractivity contribution in [3.05, 3.63) is 11.9 Å². The average molecular weight is 273 g/mol. The van der Waals surface area contributed by atoms with E-state index in [9.17, 15) is 0 Å². The van der Waals surface area contributed by atoms with Crippen LogP contribution in [0.2, 0.25) is 0 Å². The van der Waals surface area contributed by atoms with E-state index in [0.717, 1.165) is 30.5 Å². The van der Waals surface area contributed by atoms with Gasteiger partial charge in [-0.05, 0) is 18.8 Å². The zero-order valence-corrected chi connectivity index (χ0v) is 12.6. The van der Waals surface area contributed by atoms with Gasteiger partial charge in [0.1, 0.15) is 17.5 Å². The third kappa shape index (κ3) is 3.83. The van der Waals surface area contributed by atoms with E-state index in [1.807, 2.05) is 13.1 Å². The van der Waals surface area contributed by atoms with E-state index < -0.39 is 0 Å². The van der Waals surface area contributed by atoms with Gasteiger partial charge in [0, 0.05) is 32.1 Å². The number of nitriles is 1. The molecule has 20 heavy (non-hydrogen) atoms. The number of aromatic nitrogens is 2. The second-order valence-electron chi connectivity index (χ2n) is 5.74. The molecular formula is C15H23N5. The monoisotopic (exact) mass is 273 g/mol. The first-order chi connectivity index (χ1) is 9.63. The van der Waals surface area contributed by atoms with E-state index in [2.05, 4.69) is 35.1 Å². The highest BCUT2D eigenvalue weighted by Gasteiger charge is 2.28. The van der Waals surface area contributed by atoms with Gasteiger partial charge in [0.25, 0.3) is 0 Å². The quantitative estimate of drug-likeness (QED) is 0.827. The lowest BCUT2D eigenvalue weighted by Crippen LogP contribution is -2.29. The number of nitrogens with one attached hydrogen (secondary N) is 1. The summed E-state index contributed by atoms with van der Waals surface area (Å²) in [4.78, 5) is 11.5. The molecule has 0 aliphatic heterocycles.